The number of nitrogens with one attached hydrogen (secondary N) is 1. The van der Waals surface area contributed by atoms with E-state index in [0.717, 1.165) is 37.8 Å². The summed E-state index contributed by atoms with van der Waals surface area (Å²) in [7, 11) is 1.77. The molecule has 1 aromatic rings. The van der Waals surface area contributed by atoms with Crippen LogP contribution in [0.5, 0.6) is 0 Å². The van der Waals surface area contributed by atoms with E-state index in [0.29, 0.717) is 5.92 Å². The molecule has 5 heteroatoms. The van der Waals surface area contributed by atoms with Gasteiger partial charge in [0.05, 0.1) is 24.7 Å². The molecule has 1 unspecified atom stereocenters. The molecule has 0 amide bonds. The third-order valence-corrected chi connectivity index (χ3v) is 3.74. The Hall–Kier alpha value is -1.20. The van der Waals surface area contributed by atoms with Gasteiger partial charge in [-0.1, -0.05) is 0 Å². The van der Waals surface area contributed by atoms with Gasteiger partial charge in [0.15, 0.2) is 0 Å². The number of hydrogen-bond donors (Lipinski definition) is 1. The van der Waals surface area contributed by atoms with Gasteiger partial charge < -0.3 is 15.0 Å². The van der Waals surface area contributed by atoms with Gasteiger partial charge in [0, 0.05) is 32.3 Å². The van der Waals surface area contributed by atoms with Crippen LogP contribution >= 0.6 is 0 Å². The Labute approximate surface area is 128 Å². The van der Waals surface area contributed by atoms with E-state index >= 15 is 0 Å². The number of piperidine rings is 1. The van der Waals surface area contributed by atoms with Gasteiger partial charge >= 0.3 is 0 Å². The third-order valence-electron chi connectivity index (χ3n) is 3.74. The molecular formula is C16H28N4O. The van der Waals surface area contributed by atoms with Crippen molar-refractivity contribution >= 4 is 5.82 Å². The van der Waals surface area contributed by atoms with Crippen LogP contribution in [0.2, 0.25) is 0 Å². The zero-order chi connectivity index (χ0) is 15.3. The minimum Gasteiger partial charge on any atom is -0.384 e. The van der Waals surface area contributed by atoms with E-state index in [1.807, 2.05) is 12.4 Å². The van der Waals surface area contributed by atoms with Gasteiger partial charge in [0.1, 0.15) is 5.82 Å². The molecule has 2 rings (SSSR count). The molecule has 1 aromatic heterocycles. The van der Waals surface area contributed by atoms with Gasteiger partial charge in [-0.2, -0.15) is 0 Å². The summed E-state index contributed by atoms with van der Waals surface area (Å²) < 4.78 is 5.28. The van der Waals surface area contributed by atoms with Crippen LogP contribution in [0.1, 0.15) is 39.3 Å². The fourth-order valence-corrected chi connectivity index (χ4v) is 2.60. The van der Waals surface area contributed by atoms with Crippen LogP contribution in [-0.4, -0.2) is 42.3 Å². The molecule has 0 saturated carbocycles. The van der Waals surface area contributed by atoms with Gasteiger partial charge in [-0.15, -0.1) is 0 Å². The van der Waals surface area contributed by atoms with Gasteiger partial charge in [0.25, 0.3) is 0 Å². The lowest BCUT2D eigenvalue weighted by atomic mass is 9.99. The predicted octanol–water partition coefficient (Wildman–Crippen LogP) is 2.23. The number of ether oxygens (including phenoxy) is 1. The van der Waals surface area contributed by atoms with Gasteiger partial charge in [-0.25, -0.2) is 4.98 Å². The predicted molar refractivity (Wildman–Crippen MR) is 85.4 cm³/mol. The molecule has 0 radical (unpaired) electrons. The highest BCUT2D eigenvalue weighted by atomic mass is 16.5. The monoisotopic (exact) mass is 292 g/mol. The fourth-order valence-electron chi connectivity index (χ4n) is 2.60. The second-order valence-electron chi connectivity index (χ2n) is 6.88. The van der Waals surface area contributed by atoms with E-state index in [-0.39, 0.29) is 5.54 Å². The number of hydrogen-bond acceptors (Lipinski definition) is 5. The summed E-state index contributed by atoms with van der Waals surface area (Å²) in [6.45, 7) is 10.1. The van der Waals surface area contributed by atoms with Crippen LogP contribution in [0.4, 0.5) is 5.82 Å². The van der Waals surface area contributed by atoms with Crippen molar-refractivity contribution in [2.24, 2.45) is 5.92 Å². The number of nitrogens with zero attached hydrogens (tertiary/aromatic N) is 3. The largest absolute Gasteiger partial charge is 0.384 e. The lowest BCUT2D eigenvalue weighted by Gasteiger charge is -2.33. The van der Waals surface area contributed by atoms with Crippen LogP contribution in [0.3, 0.4) is 0 Å². The molecule has 1 aliphatic rings. The molecule has 5 nitrogen and oxygen atoms in total. The maximum absolute atomic E-state index is 5.28. The minimum atomic E-state index is 0.0978. The van der Waals surface area contributed by atoms with Gasteiger partial charge in [-0.05, 0) is 39.5 Å². The molecule has 118 valence electrons. The highest BCUT2D eigenvalue weighted by Crippen LogP contribution is 2.21. The molecule has 0 aliphatic carbocycles. The highest BCUT2D eigenvalue weighted by Gasteiger charge is 2.21. The topological polar surface area (TPSA) is 50.3 Å². The summed E-state index contributed by atoms with van der Waals surface area (Å²) in [5, 5.41) is 3.43. The van der Waals surface area contributed by atoms with E-state index in [2.05, 4.69) is 41.0 Å². The molecule has 1 N–H and O–H groups in total. The summed E-state index contributed by atoms with van der Waals surface area (Å²) >= 11 is 0. The zero-order valence-electron chi connectivity index (χ0n) is 13.7. The average Bonchev–Trinajstić information content (AvgIpc) is 2.46. The van der Waals surface area contributed by atoms with Crippen LogP contribution in [-0.2, 0) is 11.3 Å². The Morgan fingerprint density at radius 3 is 2.76 bits per heavy atom. The number of anilines is 1. The Balaban J connectivity index is 1.92. The maximum atomic E-state index is 5.28. The summed E-state index contributed by atoms with van der Waals surface area (Å²) in [5.74, 6) is 1.59. The van der Waals surface area contributed by atoms with E-state index in [4.69, 9.17) is 4.74 Å². The Morgan fingerprint density at radius 1 is 1.33 bits per heavy atom. The van der Waals surface area contributed by atoms with E-state index in [1.165, 1.54) is 12.8 Å². The summed E-state index contributed by atoms with van der Waals surface area (Å²) in [6, 6.07) is 0. The first-order valence-corrected chi connectivity index (χ1v) is 7.78. The Morgan fingerprint density at radius 2 is 2.14 bits per heavy atom. The van der Waals surface area contributed by atoms with E-state index < -0.39 is 0 Å². The number of aromatic nitrogens is 2. The molecular weight excluding hydrogens is 264 g/mol. The molecule has 0 bridgehead atoms. The third kappa shape index (κ3) is 5.25. The molecule has 1 atom stereocenters. The SMILES string of the molecule is COCC1CCCN(c2cnc(CNC(C)(C)C)cn2)C1. The van der Waals surface area contributed by atoms with Gasteiger partial charge in [-0.3, -0.25) is 4.98 Å². The maximum Gasteiger partial charge on any atom is 0.147 e. The zero-order valence-corrected chi connectivity index (χ0v) is 13.7. The average molecular weight is 292 g/mol. The first-order chi connectivity index (χ1) is 9.98. The summed E-state index contributed by atoms with van der Waals surface area (Å²) in [4.78, 5) is 11.4. The van der Waals surface area contributed by atoms with Crippen molar-refractivity contribution in [3.63, 3.8) is 0 Å². The van der Waals surface area contributed by atoms with Crippen molar-refractivity contribution in [2.45, 2.75) is 45.7 Å². The van der Waals surface area contributed by atoms with Crippen molar-refractivity contribution in [2.75, 3.05) is 31.7 Å². The van der Waals surface area contributed by atoms with Crippen molar-refractivity contribution in [1.82, 2.24) is 15.3 Å². The van der Waals surface area contributed by atoms with Crippen molar-refractivity contribution in [3.05, 3.63) is 18.1 Å². The number of rotatable bonds is 5. The molecule has 21 heavy (non-hydrogen) atoms. The quantitative estimate of drug-likeness (QED) is 0.902. The lowest BCUT2D eigenvalue weighted by Crippen LogP contribution is -2.38. The molecule has 2 heterocycles. The van der Waals surface area contributed by atoms with Gasteiger partial charge in [0.2, 0.25) is 0 Å². The molecule has 1 aliphatic heterocycles. The standard InChI is InChI=1S/C16H28N4O/c1-16(2,3)19-9-14-8-18-15(10-17-14)20-7-5-6-13(11-20)12-21-4/h8,10,13,19H,5-7,9,11-12H2,1-4H3. The minimum absolute atomic E-state index is 0.0978. The van der Waals surface area contributed by atoms with Crippen LogP contribution in [0.15, 0.2) is 12.4 Å². The summed E-state index contributed by atoms with van der Waals surface area (Å²) in [5.41, 5.74) is 1.08. The van der Waals surface area contributed by atoms with Crippen LogP contribution < -0.4 is 10.2 Å². The van der Waals surface area contributed by atoms with E-state index in [9.17, 15) is 0 Å². The highest BCUT2D eigenvalue weighted by molar-refractivity contribution is 5.36. The Bertz CT molecular complexity index is 425. The first kappa shape index (κ1) is 16.2. The van der Waals surface area contributed by atoms with E-state index in [1.54, 1.807) is 7.11 Å². The second-order valence-corrected chi connectivity index (χ2v) is 6.88. The number of methoxy groups -OCH3 is 1. The second kappa shape index (κ2) is 7.18. The van der Waals surface area contributed by atoms with Crippen LogP contribution in [0.25, 0.3) is 0 Å². The molecule has 0 spiro atoms. The smallest absolute Gasteiger partial charge is 0.147 e. The van der Waals surface area contributed by atoms with Crippen molar-refractivity contribution in [3.8, 4) is 0 Å². The summed E-state index contributed by atoms with van der Waals surface area (Å²) in [6.07, 6.45) is 6.22. The lowest BCUT2D eigenvalue weighted by molar-refractivity contribution is 0.143. The molecule has 1 saturated heterocycles. The normalized spacial score (nSPS) is 19.8. The van der Waals surface area contributed by atoms with Crippen molar-refractivity contribution < 1.29 is 4.74 Å². The fraction of sp³-hybridized carbons (Fsp3) is 0.750. The van der Waals surface area contributed by atoms with Crippen molar-refractivity contribution in [1.29, 1.82) is 0 Å². The molecule has 1 fully saturated rings. The van der Waals surface area contributed by atoms with Crippen LogP contribution in [0, 0.1) is 5.92 Å². The Kier molecular flexibility index (Phi) is 5.53. The first-order valence-electron chi connectivity index (χ1n) is 7.78. The molecule has 0 aromatic carbocycles.